The molecule has 0 radical (unpaired) electrons. The van der Waals surface area contributed by atoms with Crippen molar-refractivity contribution in [1.29, 1.82) is 0 Å². The van der Waals surface area contributed by atoms with E-state index in [0.29, 0.717) is 6.92 Å². The van der Waals surface area contributed by atoms with Gasteiger partial charge in [0.15, 0.2) is 0 Å². The fraction of sp³-hybridized carbons (Fsp3) is 0.750. The van der Waals surface area contributed by atoms with Gasteiger partial charge in [-0.05, 0) is 13.0 Å². The molecule has 12 heteroatoms. The van der Waals surface area contributed by atoms with Crippen molar-refractivity contribution in [2.75, 3.05) is 0 Å². The molecule has 0 aliphatic carbocycles. The van der Waals surface area contributed by atoms with Gasteiger partial charge in [-0.15, -0.1) is 0 Å². The van der Waals surface area contributed by atoms with Crippen molar-refractivity contribution in [3.8, 4) is 0 Å². The topological polar surface area (TPSA) is 9.23 Å². The third kappa shape index (κ3) is 3.33. The molecule has 0 N–H and O–H groups in total. The van der Waals surface area contributed by atoms with Crippen molar-refractivity contribution < 1.29 is 53.0 Å². The van der Waals surface area contributed by atoms with Crippen molar-refractivity contribution in [3.63, 3.8) is 0 Å². The van der Waals surface area contributed by atoms with Crippen LogP contribution in [-0.2, 0) is 4.74 Å². The van der Waals surface area contributed by atoms with Gasteiger partial charge in [-0.3, -0.25) is 4.74 Å². The molecule has 0 aromatic rings. The molecule has 1 unspecified atom stereocenters. The first-order valence-electron chi connectivity index (χ1n) is 4.44. The Morgan fingerprint density at radius 3 is 1.35 bits per heavy atom. The summed E-state index contributed by atoms with van der Waals surface area (Å²) < 4.78 is 136. The summed E-state index contributed by atoms with van der Waals surface area (Å²) in [6.07, 6.45) is -20.7. The van der Waals surface area contributed by atoms with Crippen molar-refractivity contribution in [3.05, 3.63) is 12.2 Å². The third-order valence-corrected chi connectivity index (χ3v) is 1.77. The van der Waals surface area contributed by atoms with E-state index in [4.69, 9.17) is 0 Å². The predicted octanol–water partition coefficient (Wildman–Crippen LogP) is 4.60. The second-order valence-electron chi connectivity index (χ2n) is 3.33. The van der Waals surface area contributed by atoms with Crippen LogP contribution in [0, 0.1) is 0 Å². The molecule has 0 bridgehead atoms. The lowest BCUT2D eigenvalue weighted by atomic mass is 10.2. The highest BCUT2D eigenvalue weighted by atomic mass is 19.4. The first-order chi connectivity index (χ1) is 8.52. The van der Waals surface area contributed by atoms with E-state index < -0.39 is 36.3 Å². The summed E-state index contributed by atoms with van der Waals surface area (Å²) in [5, 5.41) is 0. The Labute approximate surface area is 104 Å². The van der Waals surface area contributed by atoms with Crippen molar-refractivity contribution in [1.82, 2.24) is 0 Å². The van der Waals surface area contributed by atoms with E-state index in [2.05, 4.69) is 4.74 Å². The van der Waals surface area contributed by atoms with Crippen LogP contribution in [0.5, 0.6) is 0 Å². The Morgan fingerprint density at radius 1 is 0.700 bits per heavy atom. The van der Waals surface area contributed by atoms with Gasteiger partial charge in [-0.2, -0.15) is 48.3 Å². The second-order valence-corrected chi connectivity index (χ2v) is 3.33. The van der Waals surface area contributed by atoms with E-state index in [9.17, 15) is 48.3 Å². The van der Waals surface area contributed by atoms with Crippen LogP contribution < -0.4 is 0 Å². The van der Waals surface area contributed by atoms with E-state index in [-0.39, 0.29) is 6.08 Å². The molecule has 0 amide bonds. The first-order valence-corrected chi connectivity index (χ1v) is 4.44. The molecule has 120 valence electrons. The van der Waals surface area contributed by atoms with Crippen LogP contribution in [0.3, 0.4) is 0 Å². The molecule has 20 heavy (non-hydrogen) atoms. The van der Waals surface area contributed by atoms with Gasteiger partial charge in [-0.25, -0.2) is 0 Å². The maximum atomic E-state index is 13.1. The largest absolute Gasteiger partial charge is 0.462 e. The van der Waals surface area contributed by atoms with E-state index in [1.165, 1.54) is 0 Å². The normalized spacial score (nSPS) is 18.4. The summed E-state index contributed by atoms with van der Waals surface area (Å²) in [5.41, 5.74) is 0. The zero-order chi connectivity index (χ0) is 16.6. The molecule has 1 atom stereocenters. The molecule has 0 aromatic carbocycles. The van der Waals surface area contributed by atoms with Crippen LogP contribution in [0.15, 0.2) is 12.2 Å². The number of ether oxygens (including phenoxy) is 1. The molecule has 0 rings (SSSR count). The molecule has 0 saturated heterocycles. The minimum Gasteiger partial charge on any atom is -0.266 e. The molecular formula is C8H5F11O. The Morgan fingerprint density at radius 2 is 1.10 bits per heavy atom. The average Bonchev–Trinajstić information content (AvgIpc) is 2.12. The summed E-state index contributed by atoms with van der Waals surface area (Å²) in [6, 6.07) is 0. The lowest BCUT2D eigenvalue weighted by molar-refractivity contribution is -0.473. The highest BCUT2D eigenvalue weighted by Crippen LogP contribution is 2.51. The fourth-order valence-electron chi connectivity index (χ4n) is 0.816. The van der Waals surface area contributed by atoms with Gasteiger partial charge < -0.3 is 0 Å². The van der Waals surface area contributed by atoms with Crippen molar-refractivity contribution in [2.45, 2.75) is 37.2 Å². The number of hydrogen-bond acceptors (Lipinski definition) is 1. The zero-order valence-corrected chi connectivity index (χ0v) is 9.22. The Balaban J connectivity index is 5.66. The first kappa shape index (κ1) is 18.9. The SMILES string of the molecule is C/C=C\C(F)(OC(F)(F)C(F)(F)C(F)(F)F)C(F)(F)F. The van der Waals surface area contributed by atoms with E-state index in [1.54, 1.807) is 0 Å². The van der Waals surface area contributed by atoms with Crippen LogP contribution in [0.2, 0.25) is 0 Å². The van der Waals surface area contributed by atoms with Crippen LogP contribution >= 0.6 is 0 Å². The Kier molecular flexibility index (Phi) is 4.77. The lowest BCUT2D eigenvalue weighted by Crippen LogP contribution is -2.58. The van der Waals surface area contributed by atoms with Crippen molar-refractivity contribution in [2.24, 2.45) is 0 Å². The zero-order valence-electron chi connectivity index (χ0n) is 9.22. The molecule has 0 saturated carbocycles. The average molecular weight is 326 g/mol. The standard InChI is InChI=1S/C8H5F11O/c1-2-3-4(9,6(12,13)14)20-8(18,19)5(10,11)7(15,16)17/h2-3H,1H3/b3-2-. The number of alkyl halides is 11. The summed E-state index contributed by atoms with van der Waals surface area (Å²) in [5.74, 6) is -12.5. The molecule has 0 aromatic heterocycles. The maximum Gasteiger partial charge on any atom is 0.462 e. The molecule has 0 fully saturated rings. The molecule has 0 heterocycles. The Hall–Kier alpha value is -1.07. The number of allylic oxidation sites excluding steroid dienone is 1. The van der Waals surface area contributed by atoms with Crippen LogP contribution in [0.1, 0.15) is 6.92 Å². The second kappa shape index (κ2) is 5.04. The van der Waals surface area contributed by atoms with Gasteiger partial charge in [0.05, 0.1) is 0 Å². The summed E-state index contributed by atoms with van der Waals surface area (Å²) in [4.78, 5) is 0. The summed E-state index contributed by atoms with van der Waals surface area (Å²) in [7, 11) is 0. The molecule has 0 aliphatic rings. The smallest absolute Gasteiger partial charge is 0.266 e. The van der Waals surface area contributed by atoms with Gasteiger partial charge in [-0.1, -0.05) is 6.08 Å². The molecule has 1 nitrogen and oxygen atoms in total. The fourth-order valence-corrected chi connectivity index (χ4v) is 0.816. The van der Waals surface area contributed by atoms with Gasteiger partial charge in [0.2, 0.25) is 0 Å². The van der Waals surface area contributed by atoms with Gasteiger partial charge in [0, 0.05) is 0 Å². The highest BCUT2D eigenvalue weighted by molar-refractivity contribution is 5.01. The quantitative estimate of drug-likeness (QED) is 0.542. The van der Waals surface area contributed by atoms with Gasteiger partial charge in [0.1, 0.15) is 0 Å². The Bertz CT molecular complexity index is 366. The number of halogens is 11. The van der Waals surface area contributed by atoms with Gasteiger partial charge >= 0.3 is 30.2 Å². The van der Waals surface area contributed by atoms with Gasteiger partial charge in [0.25, 0.3) is 0 Å². The van der Waals surface area contributed by atoms with E-state index >= 15 is 0 Å². The third-order valence-electron chi connectivity index (χ3n) is 1.77. The minimum atomic E-state index is -7.02. The summed E-state index contributed by atoms with van der Waals surface area (Å²) >= 11 is 0. The number of rotatable bonds is 4. The lowest BCUT2D eigenvalue weighted by Gasteiger charge is -2.33. The number of hydrogen-bond donors (Lipinski definition) is 0. The van der Waals surface area contributed by atoms with Crippen LogP contribution in [0.25, 0.3) is 0 Å². The minimum absolute atomic E-state index is 0.148. The predicted molar refractivity (Wildman–Crippen MR) is 41.7 cm³/mol. The van der Waals surface area contributed by atoms with Crippen molar-refractivity contribution >= 4 is 0 Å². The van der Waals surface area contributed by atoms with E-state index in [0.717, 1.165) is 0 Å². The molecule has 0 aliphatic heterocycles. The van der Waals surface area contributed by atoms with Crippen LogP contribution in [0.4, 0.5) is 48.3 Å². The summed E-state index contributed by atoms with van der Waals surface area (Å²) in [6.45, 7) is 0.670. The highest BCUT2D eigenvalue weighted by Gasteiger charge is 2.77. The molecular weight excluding hydrogens is 321 g/mol. The van der Waals surface area contributed by atoms with Crippen LogP contribution in [-0.4, -0.2) is 30.2 Å². The maximum absolute atomic E-state index is 13.1. The molecule has 0 spiro atoms. The monoisotopic (exact) mass is 326 g/mol. The van der Waals surface area contributed by atoms with E-state index in [1.807, 2.05) is 0 Å².